The highest BCUT2D eigenvalue weighted by Gasteiger charge is 2.28. The Balaban J connectivity index is 1.59. The van der Waals surface area contributed by atoms with Crippen molar-refractivity contribution in [1.82, 2.24) is 15.1 Å². The molecule has 7 heteroatoms. The lowest BCUT2D eigenvalue weighted by Crippen LogP contribution is -2.31. The summed E-state index contributed by atoms with van der Waals surface area (Å²) >= 11 is 2.22. The molecule has 1 aliphatic heterocycles. The molecule has 1 unspecified atom stereocenters. The van der Waals surface area contributed by atoms with Gasteiger partial charge < -0.3 is 14.4 Å². The zero-order valence-corrected chi connectivity index (χ0v) is 14.8. The van der Waals surface area contributed by atoms with Crippen molar-refractivity contribution in [2.75, 3.05) is 20.2 Å². The fourth-order valence-corrected chi connectivity index (χ4v) is 2.79. The first kappa shape index (κ1) is 16.0. The molecule has 1 saturated heterocycles. The molecule has 120 valence electrons. The first-order valence-corrected chi connectivity index (χ1v) is 8.33. The zero-order chi connectivity index (χ0) is 16.2. The van der Waals surface area contributed by atoms with Gasteiger partial charge in [0, 0.05) is 34.2 Å². The summed E-state index contributed by atoms with van der Waals surface area (Å²) in [6.07, 6.45) is 0.717. The van der Waals surface area contributed by atoms with Crippen molar-refractivity contribution in [2.45, 2.75) is 12.5 Å². The van der Waals surface area contributed by atoms with Gasteiger partial charge in [-0.15, -0.1) is 10.2 Å². The van der Waals surface area contributed by atoms with Crippen LogP contribution in [0.1, 0.15) is 16.8 Å². The largest absolute Gasteiger partial charge is 0.480 e. The van der Waals surface area contributed by atoms with E-state index in [0.29, 0.717) is 30.4 Å². The van der Waals surface area contributed by atoms with Crippen LogP contribution in [0.5, 0.6) is 11.8 Å². The van der Waals surface area contributed by atoms with Crippen LogP contribution in [0.25, 0.3) is 0 Å². The van der Waals surface area contributed by atoms with Gasteiger partial charge in [0.1, 0.15) is 6.10 Å². The summed E-state index contributed by atoms with van der Waals surface area (Å²) in [6.45, 7) is 1.23. The molecule has 0 saturated carbocycles. The van der Waals surface area contributed by atoms with Crippen LogP contribution in [0.2, 0.25) is 0 Å². The van der Waals surface area contributed by atoms with Gasteiger partial charge in [-0.3, -0.25) is 4.79 Å². The first-order chi connectivity index (χ1) is 11.2. The van der Waals surface area contributed by atoms with Crippen LogP contribution in [-0.4, -0.2) is 47.3 Å². The molecular weight excluding hydrogens is 409 g/mol. The van der Waals surface area contributed by atoms with Crippen LogP contribution in [0.4, 0.5) is 0 Å². The molecule has 0 spiro atoms. The molecule has 1 fully saturated rings. The molecule has 1 atom stereocenters. The average Bonchev–Trinajstić information content (AvgIpc) is 3.04. The summed E-state index contributed by atoms with van der Waals surface area (Å²) in [4.78, 5) is 14.3. The van der Waals surface area contributed by atoms with E-state index in [2.05, 4.69) is 32.8 Å². The van der Waals surface area contributed by atoms with E-state index in [9.17, 15) is 4.79 Å². The van der Waals surface area contributed by atoms with E-state index in [4.69, 9.17) is 9.47 Å². The monoisotopic (exact) mass is 425 g/mol. The number of benzene rings is 1. The fraction of sp³-hybridized carbons (Fsp3) is 0.312. The normalized spacial score (nSPS) is 17.1. The van der Waals surface area contributed by atoms with Crippen molar-refractivity contribution in [1.29, 1.82) is 0 Å². The van der Waals surface area contributed by atoms with E-state index in [1.807, 2.05) is 29.2 Å². The van der Waals surface area contributed by atoms with Crippen molar-refractivity contribution in [2.24, 2.45) is 0 Å². The van der Waals surface area contributed by atoms with Crippen LogP contribution in [-0.2, 0) is 0 Å². The van der Waals surface area contributed by atoms with E-state index in [0.717, 1.165) is 9.99 Å². The molecule has 1 aromatic carbocycles. The van der Waals surface area contributed by atoms with Crippen molar-refractivity contribution >= 4 is 28.5 Å². The number of carbonyl (C=O) groups is 1. The number of halogens is 1. The molecule has 1 amide bonds. The van der Waals surface area contributed by atoms with Crippen molar-refractivity contribution in [3.63, 3.8) is 0 Å². The minimum absolute atomic E-state index is 0.0355. The second-order valence-corrected chi connectivity index (χ2v) is 6.45. The highest BCUT2D eigenvalue weighted by atomic mass is 127. The van der Waals surface area contributed by atoms with Gasteiger partial charge in [0.05, 0.1) is 13.7 Å². The van der Waals surface area contributed by atoms with Crippen LogP contribution in [0.15, 0.2) is 36.4 Å². The Bertz CT molecular complexity index is 676. The Morgan fingerprint density at radius 3 is 2.52 bits per heavy atom. The topological polar surface area (TPSA) is 64.6 Å². The molecule has 0 radical (unpaired) electrons. The lowest BCUT2D eigenvalue weighted by atomic mass is 10.2. The molecule has 1 aliphatic rings. The summed E-state index contributed by atoms with van der Waals surface area (Å²) in [5, 5.41) is 7.82. The number of carbonyl (C=O) groups excluding carboxylic acids is 1. The van der Waals surface area contributed by atoms with E-state index >= 15 is 0 Å². The first-order valence-electron chi connectivity index (χ1n) is 7.25. The fourth-order valence-electron chi connectivity index (χ4n) is 2.43. The predicted molar refractivity (Wildman–Crippen MR) is 92.7 cm³/mol. The van der Waals surface area contributed by atoms with E-state index < -0.39 is 0 Å². The molecule has 3 rings (SSSR count). The number of likely N-dealkylation sites (tertiary alicyclic amines) is 1. The quantitative estimate of drug-likeness (QED) is 0.705. The Kier molecular flexibility index (Phi) is 4.94. The molecule has 0 bridgehead atoms. The number of nitrogens with zero attached hydrogens (tertiary/aromatic N) is 3. The summed E-state index contributed by atoms with van der Waals surface area (Å²) in [6, 6.07) is 11.0. The van der Waals surface area contributed by atoms with Crippen LogP contribution in [0, 0.1) is 3.57 Å². The summed E-state index contributed by atoms with van der Waals surface area (Å²) in [5.74, 6) is 0.923. The van der Waals surface area contributed by atoms with E-state index in [1.54, 1.807) is 12.1 Å². The number of ether oxygens (including phenoxy) is 2. The molecule has 0 N–H and O–H groups in total. The number of rotatable bonds is 4. The Labute approximate surface area is 147 Å². The van der Waals surface area contributed by atoms with E-state index in [-0.39, 0.29) is 12.0 Å². The van der Waals surface area contributed by atoms with Gasteiger partial charge in [0.2, 0.25) is 11.8 Å². The smallest absolute Gasteiger partial charge is 0.253 e. The van der Waals surface area contributed by atoms with Crippen LogP contribution >= 0.6 is 22.6 Å². The van der Waals surface area contributed by atoms with Crippen molar-refractivity contribution in [3.05, 3.63) is 45.5 Å². The minimum Gasteiger partial charge on any atom is -0.480 e. The van der Waals surface area contributed by atoms with Gasteiger partial charge in [-0.2, -0.15) is 0 Å². The number of methoxy groups -OCH3 is 1. The second-order valence-electron chi connectivity index (χ2n) is 5.20. The molecule has 1 aromatic heterocycles. The van der Waals surface area contributed by atoms with Crippen LogP contribution < -0.4 is 9.47 Å². The molecule has 23 heavy (non-hydrogen) atoms. The SMILES string of the molecule is COc1ccc(OC2CCN(C(=O)c3ccc(I)cc3)C2)nn1. The van der Waals surface area contributed by atoms with E-state index in [1.165, 1.54) is 7.11 Å². The lowest BCUT2D eigenvalue weighted by Gasteiger charge is -2.17. The lowest BCUT2D eigenvalue weighted by molar-refractivity contribution is 0.0771. The molecule has 0 aliphatic carbocycles. The van der Waals surface area contributed by atoms with Gasteiger partial charge in [0.15, 0.2) is 0 Å². The maximum atomic E-state index is 12.5. The maximum Gasteiger partial charge on any atom is 0.253 e. The third-order valence-corrected chi connectivity index (χ3v) is 4.35. The molecule has 2 heterocycles. The molecule has 2 aromatic rings. The Morgan fingerprint density at radius 2 is 1.87 bits per heavy atom. The predicted octanol–water partition coefficient (Wildman–Crippen LogP) is 2.38. The van der Waals surface area contributed by atoms with Crippen molar-refractivity contribution in [3.8, 4) is 11.8 Å². The standard InChI is InChI=1S/C16H16IN3O3/c1-22-14-6-7-15(19-18-14)23-13-8-9-20(10-13)16(21)11-2-4-12(17)5-3-11/h2-7,13H,8-10H2,1H3. The summed E-state index contributed by atoms with van der Waals surface area (Å²) < 4.78 is 11.9. The zero-order valence-electron chi connectivity index (χ0n) is 12.6. The third-order valence-electron chi connectivity index (χ3n) is 3.64. The highest BCUT2D eigenvalue weighted by molar-refractivity contribution is 14.1. The Morgan fingerprint density at radius 1 is 1.17 bits per heavy atom. The number of amides is 1. The minimum atomic E-state index is -0.0644. The third kappa shape index (κ3) is 3.90. The molecular formula is C16H16IN3O3. The highest BCUT2D eigenvalue weighted by Crippen LogP contribution is 2.19. The number of hydrogen-bond donors (Lipinski definition) is 0. The summed E-state index contributed by atoms with van der Waals surface area (Å²) in [7, 11) is 1.54. The summed E-state index contributed by atoms with van der Waals surface area (Å²) in [5.41, 5.74) is 0.704. The van der Waals surface area contributed by atoms with Crippen LogP contribution in [0.3, 0.4) is 0 Å². The molecule has 6 nitrogen and oxygen atoms in total. The average molecular weight is 425 g/mol. The maximum absolute atomic E-state index is 12.5. The van der Waals surface area contributed by atoms with Crippen molar-refractivity contribution < 1.29 is 14.3 Å². The van der Waals surface area contributed by atoms with Gasteiger partial charge in [-0.1, -0.05) is 0 Å². The second kappa shape index (κ2) is 7.12. The van der Waals surface area contributed by atoms with Gasteiger partial charge in [-0.25, -0.2) is 0 Å². The van der Waals surface area contributed by atoms with Gasteiger partial charge >= 0.3 is 0 Å². The Hall–Kier alpha value is -1.90. The van der Waals surface area contributed by atoms with Gasteiger partial charge in [-0.05, 0) is 46.9 Å². The van der Waals surface area contributed by atoms with Gasteiger partial charge in [0.25, 0.3) is 5.91 Å². The number of aromatic nitrogens is 2. The number of hydrogen-bond acceptors (Lipinski definition) is 5.